The van der Waals surface area contributed by atoms with Crippen LogP contribution in [0.15, 0.2) is 52.9 Å². The number of para-hydroxylation sites is 1. The van der Waals surface area contributed by atoms with Gasteiger partial charge >= 0.3 is 0 Å². The van der Waals surface area contributed by atoms with E-state index in [2.05, 4.69) is 43.1 Å². The lowest BCUT2D eigenvalue weighted by molar-refractivity contribution is 0.0922. The molecule has 0 fully saturated rings. The Morgan fingerprint density at radius 3 is 2.66 bits per heavy atom. The van der Waals surface area contributed by atoms with Gasteiger partial charge in [0.2, 0.25) is 0 Å². The molecule has 6 heteroatoms. The number of aryl methyl sites for hydroxylation is 1. The number of carbonyl (C=O) groups is 1. The fourth-order valence-electron chi connectivity index (χ4n) is 3.56. The van der Waals surface area contributed by atoms with Crippen molar-refractivity contribution in [2.45, 2.75) is 46.7 Å². The zero-order valence-corrected chi connectivity index (χ0v) is 20.3. The first-order valence-electron chi connectivity index (χ1n) is 11.2. The smallest absolute Gasteiger partial charge is 0.287 e. The van der Waals surface area contributed by atoms with Gasteiger partial charge in [-0.1, -0.05) is 32.0 Å². The summed E-state index contributed by atoms with van der Waals surface area (Å²) >= 11 is 1.84. The molecule has 1 aromatic carbocycles. The molecule has 0 saturated carbocycles. The first-order chi connectivity index (χ1) is 15.4. The maximum atomic E-state index is 12.5. The Hall–Kier alpha value is -2.57. The zero-order chi connectivity index (χ0) is 22.9. The molecule has 172 valence electrons. The minimum absolute atomic E-state index is 0.186. The predicted molar refractivity (Wildman–Crippen MR) is 130 cm³/mol. The lowest BCUT2D eigenvalue weighted by Crippen LogP contribution is -2.25. The molecule has 0 aliphatic rings. The highest BCUT2D eigenvalue weighted by molar-refractivity contribution is 7.11. The van der Waals surface area contributed by atoms with Crippen molar-refractivity contribution in [3.05, 3.63) is 75.4 Å². The van der Waals surface area contributed by atoms with Crippen LogP contribution >= 0.6 is 11.3 Å². The van der Waals surface area contributed by atoms with Crippen molar-refractivity contribution >= 4 is 17.2 Å². The van der Waals surface area contributed by atoms with Gasteiger partial charge < -0.3 is 14.5 Å². The molecule has 0 spiro atoms. The number of furan rings is 1. The van der Waals surface area contributed by atoms with Crippen LogP contribution in [0.3, 0.4) is 0 Å². The van der Waals surface area contributed by atoms with E-state index in [1.54, 1.807) is 13.2 Å². The van der Waals surface area contributed by atoms with E-state index in [4.69, 9.17) is 9.15 Å². The number of methoxy groups -OCH3 is 1. The van der Waals surface area contributed by atoms with Crippen LogP contribution in [0.2, 0.25) is 0 Å². The molecule has 3 aromatic rings. The third-order valence-electron chi connectivity index (χ3n) is 5.34. The van der Waals surface area contributed by atoms with Crippen molar-refractivity contribution in [1.29, 1.82) is 0 Å². The van der Waals surface area contributed by atoms with Crippen LogP contribution < -0.4 is 10.1 Å². The van der Waals surface area contributed by atoms with Gasteiger partial charge in [-0.05, 0) is 68.1 Å². The monoisotopic (exact) mass is 454 g/mol. The lowest BCUT2D eigenvalue weighted by atomic mass is 10.1. The summed E-state index contributed by atoms with van der Waals surface area (Å²) in [4.78, 5) is 17.6. The van der Waals surface area contributed by atoms with Crippen molar-refractivity contribution in [2.24, 2.45) is 5.92 Å². The summed E-state index contributed by atoms with van der Waals surface area (Å²) in [6, 6.07) is 15.9. The summed E-state index contributed by atoms with van der Waals surface area (Å²) in [6.45, 7) is 9.73. The minimum Gasteiger partial charge on any atom is -0.496 e. The minimum atomic E-state index is -0.186. The molecule has 5 nitrogen and oxygen atoms in total. The van der Waals surface area contributed by atoms with Gasteiger partial charge in [-0.15, -0.1) is 11.3 Å². The van der Waals surface area contributed by atoms with E-state index >= 15 is 0 Å². The van der Waals surface area contributed by atoms with E-state index in [-0.39, 0.29) is 5.91 Å². The predicted octanol–water partition coefficient (Wildman–Crippen LogP) is 5.68. The standard InChI is InChI=1S/C26H34N2O3S/c1-19(2)14-16-28(18-23-11-9-20(3)32-23)17-22-10-12-25(31-22)26(29)27-15-13-21-7-5-6-8-24(21)30-4/h5-12,19H,13-18H2,1-4H3,(H,27,29). The molecular weight excluding hydrogens is 420 g/mol. The number of hydrogen-bond acceptors (Lipinski definition) is 5. The van der Waals surface area contributed by atoms with Crippen molar-refractivity contribution in [3.8, 4) is 5.75 Å². The van der Waals surface area contributed by atoms with Crippen LogP contribution in [0.5, 0.6) is 5.75 Å². The second-order valence-corrected chi connectivity index (χ2v) is 9.86. The number of benzene rings is 1. The number of nitrogens with zero attached hydrogens (tertiary/aromatic N) is 1. The molecule has 0 unspecified atom stereocenters. The Kier molecular flexibility index (Phi) is 8.94. The number of thiophene rings is 1. The SMILES string of the molecule is COc1ccccc1CCNC(=O)c1ccc(CN(CCC(C)C)Cc2ccc(C)s2)o1. The van der Waals surface area contributed by atoms with Crippen molar-refractivity contribution < 1.29 is 13.9 Å². The van der Waals surface area contributed by atoms with E-state index in [1.807, 2.05) is 41.7 Å². The molecule has 0 atom stereocenters. The molecule has 1 amide bonds. The largest absolute Gasteiger partial charge is 0.496 e. The van der Waals surface area contributed by atoms with Crippen LogP contribution in [0.4, 0.5) is 0 Å². The molecule has 0 aliphatic heterocycles. The third-order valence-corrected chi connectivity index (χ3v) is 6.32. The van der Waals surface area contributed by atoms with E-state index < -0.39 is 0 Å². The molecular formula is C26H34N2O3S. The average molecular weight is 455 g/mol. The van der Waals surface area contributed by atoms with Crippen LogP contribution in [-0.4, -0.2) is 31.0 Å². The zero-order valence-electron chi connectivity index (χ0n) is 19.5. The third kappa shape index (κ3) is 7.24. The topological polar surface area (TPSA) is 54.7 Å². The summed E-state index contributed by atoms with van der Waals surface area (Å²) in [6.07, 6.45) is 1.83. The van der Waals surface area contributed by atoms with E-state index in [1.165, 1.54) is 9.75 Å². The molecule has 2 heterocycles. The molecule has 0 bridgehead atoms. The number of hydrogen-bond donors (Lipinski definition) is 1. The van der Waals surface area contributed by atoms with E-state index in [0.717, 1.165) is 36.6 Å². The number of amides is 1. The molecule has 0 aliphatic carbocycles. The van der Waals surface area contributed by atoms with Gasteiger partial charge in [-0.25, -0.2) is 0 Å². The Bertz CT molecular complexity index is 992. The average Bonchev–Trinajstić information content (AvgIpc) is 3.41. The Balaban J connectivity index is 1.55. The van der Waals surface area contributed by atoms with Crippen LogP contribution in [-0.2, 0) is 19.5 Å². The number of ether oxygens (including phenoxy) is 1. The Labute approximate surface area is 195 Å². The first-order valence-corrected chi connectivity index (χ1v) is 12.0. The highest BCUT2D eigenvalue weighted by atomic mass is 32.1. The van der Waals surface area contributed by atoms with Crippen LogP contribution in [0.1, 0.15) is 51.9 Å². The molecule has 1 N–H and O–H groups in total. The summed E-state index contributed by atoms with van der Waals surface area (Å²) in [5.74, 6) is 2.47. The van der Waals surface area contributed by atoms with Gasteiger partial charge in [0, 0.05) is 22.8 Å². The second-order valence-electron chi connectivity index (χ2n) is 8.49. The highest BCUT2D eigenvalue weighted by Gasteiger charge is 2.15. The molecule has 0 radical (unpaired) electrons. The quantitative estimate of drug-likeness (QED) is 0.383. The van der Waals surface area contributed by atoms with E-state index in [0.29, 0.717) is 31.2 Å². The number of carbonyl (C=O) groups excluding carboxylic acids is 1. The van der Waals surface area contributed by atoms with Crippen molar-refractivity contribution in [2.75, 3.05) is 20.2 Å². The van der Waals surface area contributed by atoms with Gasteiger partial charge in [0.25, 0.3) is 5.91 Å². The number of rotatable bonds is 12. The van der Waals surface area contributed by atoms with Gasteiger partial charge in [0.05, 0.1) is 13.7 Å². The molecule has 32 heavy (non-hydrogen) atoms. The second kappa shape index (κ2) is 11.9. The maximum Gasteiger partial charge on any atom is 0.287 e. The summed E-state index contributed by atoms with van der Waals surface area (Å²) in [5.41, 5.74) is 1.07. The maximum absolute atomic E-state index is 12.5. The summed E-state index contributed by atoms with van der Waals surface area (Å²) in [7, 11) is 1.66. The summed E-state index contributed by atoms with van der Waals surface area (Å²) in [5, 5.41) is 2.95. The van der Waals surface area contributed by atoms with Gasteiger partial charge in [0.1, 0.15) is 11.5 Å². The van der Waals surface area contributed by atoms with Gasteiger partial charge in [0.15, 0.2) is 5.76 Å². The van der Waals surface area contributed by atoms with Gasteiger partial charge in [-0.2, -0.15) is 0 Å². The van der Waals surface area contributed by atoms with Crippen molar-refractivity contribution in [3.63, 3.8) is 0 Å². The lowest BCUT2D eigenvalue weighted by Gasteiger charge is -2.21. The molecule has 3 rings (SSSR count). The normalized spacial score (nSPS) is 11.3. The molecule has 0 saturated heterocycles. The first kappa shape index (κ1) is 24.1. The fourth-order valence-corrected chi connectivity index (χ4v) is 4.49. The molecule has 2 aromatic heterocycles. The number of nitrogens with one attached hydrogen (secondary N) is 1. The summed E-state index contributed by atoms with van der Waals surface area (Å²) < 4.78 is 11.3. The fraction of sp³-hybridized carbons (Fsp3) is 0.423. The Morgan fingerprint density at radius 2 is 1.94 bits per heavy atom. The van der Waals surface area contributed by atoms with E-state index in [9.17, 15) is 4.79 Å². The van der Waals surface area contributed by atoms with Crippen molar-refractivity contribution in [1.82, 2.24) is 10.2 Å². The van der Waals surface area contributed by atoms with Gasteiger partial charge in [-0.3, -0.25) is 9.69 Å². The van der Waals surface area contributed by atoms with Crippen LogP contribution in [0.25, 0.3) is 0 Å². The Morgan fingerprint density at radius 1 is 1.12 bits per heavy atom. The highest BCUT2D eigenvalue weighted by Crippen LogP contribution is 2.20. The van der Waals surface area contributed by atoms with Crippen LogP contribution in [0, 0.1) is 12.8 Å².